The first-order valence-corrected chi connectivity index (χ1v) is 7.39. The van der Waals surface area contributed by atoms with E-state index in [2.05, 4.69) is 68.4 Å². The maximum absolute atomic E-state index is 2.36. The number of benzene rings is 2. The Balaban J connectivity index is 2.15. The van der Waals surface area contributed by atoms with Crippen LogP contribution < -0.4 is 5.19 Å². The molecule has 0 aliphatic heterocycles. The number of rotatable bonds is 3. The van der Waals surface area contributed by atoms with E-state index in [1.165, 1.54) is 11.1 Å². The average Bonchev–Trinajstić information content (AvgIpc) is 2.31. The van der Waals surface area contributed by atoms with Crippen LogP contribution >= 0.6 is 0 Å². The van der Waals surface area contributed by atoms with Gasteiger partial charge in [-0.3, -0.25) is 0 Å². The maximum atomic E-state index is 2.36. The smallest absolute Gasteiger partial charge is 0.0621 e. The summed E-state index contributed by atoms with van der Waals surface area (Å²) in [6, 6.07) is 19.7. The van der Waals surface area contributed by atoms with Gasteiger partial charge in [-0.25, -0.2) is 0 Å². The zero-order chi connectivity index (χ0) is 11.4. The molecule has 0 aromatic heterocycles. The van der Waals surface area contributed by atoms with E-state index in [1.54, 1.807) is 5.19 Å². The fourth-order valence-electron chi connectivity index (χ4n) is 2.22. The molecule has 0 N–H and O–H groups in total. The van der Waals surface area contributed by atoms with Gasteiger partial charge < -0.3 is 0 Å². The predicted octanol–water partition coefficient (Wildman–Crippen LogP) is 2.55. The van der Waals surface area contributed by atoms with Crippen LogP contribution in [0.2, 0.25) is 0 Å². The van der Waals surface area contributed by atoms with E-state index < -0.39 is 0 Å². The van der Waals surface area contributed by atoms with E-state index in [1.807, 2.05) is 0 Å². The standard InChI is InChI=1S/C15H18Si/c1-12-8-6-7-11-15(12)13(2)16-14-9-4-3-5-10-14/h3-11,13H,16H2,1-2H3/t13-/m0/s1. The summed E-state index contributed by atoms with van der Waals surface area (Å²) in [6.07, 6.45) is 0. The van der Waals surface area contributed by atoms with Crippen LogP contribution in [-0.4, -0.2) is 9.52 Å². The van der Waals surface area contributed by atoms with E-state index in [4.69, 9.17) is 0 Å². The average molecular weight is 226 g/mol. The minimum absolute atomic E-state index is 0.207. The molecule has 2 aromatic carbocycles. The highest BCUT2D eigenvalue weighted by Gasteiger charge is 2.08. The van der Waals surface area contributed by atoms with Crippen molar-refractivity contribution in [3.8, 4) is 0 Å². The molecule has 0 fully saturated rings. The Morgan fingerprint density at radius 2 is 1.50 bits per heavy atom. The molecule has 0 bridgehead atoms. The molecule has 1 heteroatoms. The molecule has 82 valence electrons. The minimum Gasteiger partial charge on any atom is -0.0663 e. The van der Waals surface area contributed by atoms with Crippen molar-refractivity contribution >= 4 is 14.7 Å². The summed E-state index contributed by atoms with van der Waals surface area (Å²) in [5.74, 6) is 0. The number of hydrogen-bond donors (Lipinski definition) is 0. The molecule has 1 atom stereocenters. The van der Waals surface area contributed by atoms with Crippen LogP contribution in [0, 0.1) is 6.92 Å². The van der Waals surface area contributed by atoms with Crippen molar-refractivity contribution in [3.05, 3.63) is 65.7 Å². The van der Waals surface area contributed by atoms with Gasteiger partial charge in [0, 0.05) is 0 Å². The van der Waals surface area contributed by atoms with Crippen LogP contribution in [0.3, 0.4) is 0 Å². The van der Waals surface area contributed by atoms with Gasteiger partial charge in [-0.1, -0.05) is 66.7 Å². The lowest BCUT2D eigenvalue weighted by atomic mass is 10.1. The summed E-state index contributed by atoms with van der Waals surface area (Å²) >= 11 is 0. The summed E-state index contributed by atoms with van der Waals surface area (Å²) in [4.78, 5) is 0. The van der Waals surface area contributed by atoms with Crippen LogP contribution in [0.4, 0.5) is 0 Å². The fraction of sp³-hybridized carbons (Fsp3) is 0.200. The van der Waals surface area contributed by atoms with Gasteiger partial charge in [0.05, 0.1) is 9.52 Å². The first-order chi connectivity index (χ1) is 7.77. The molecule has 0 saturated carbocycles. The second-order valence-corrected chi connectivity index (χ2v) is 6.90. The first-order valence-electron chi connectivity index (χ1n) is 5.87. The lowest BCUT2D eigenvalue weighted by Gasteiger charge is -2.13. The van der Waals surface area contributed by atoms with Crippen LogP contribution in [0.1, 0.15) is 23.6 Å². The third kappa shape index (κ3) is 2.61. The molecular weight excluding hydrogens is 208 g/mol. The third-order valence-electron chi connectivity index (χ3n) is 3.10. The first kappa shape index (κ1) is 11.2. The summed E-state index contributed by atoms with van der Waals surface area (Å²) in [6.45, 7) is 4.58. The molecule has 0 aliphatic rings. The topological polar surface area (TPSA) is 0 Å². The molecule has 2 rings (SSSR count). The van der Waals surface area contributed by atoms with Gasteiger partial charge in [0.1, 0.15) is 0 Å². The predicted molar refractivity (Wildman–Crippen MR) is 74.2 cm³/mol. The van der Waals surface area contributed by atoms with E-state index >= 15 is 0 Å². The zero-order valence-electron chi connectivity index (χ0n) is 9.98. The summed E-state index contributed by atoms with van der Waals surface area (Å²) in [5, 5.41) is 1.55. The summed E-state index contributed by atoms with van der Waals surface area (Å²) in [5.41, 5.74) is 3.68. The van der Waals surface area contributed by atoms with Crippen molar-refractivity contribution in [1.29, 1.82) is 0 Å². The van der Waals surface area contributed by atoms with Gasteiger partial charge in [0.15, 0.2) is 0 Å². The molecule has 0 saturated heterocycles. The van der Waals surface area contributed by atoms with E-state index in [0.29, 0.717) is 0 Å². The highest BCUT2D eigenvalue weighted by molar-refractivity contribution is 6.54. The monoisotopic (exact) mass is 226 g/mol. The van der Waals surface area contributed by atoms with Gasteiger partial charge >= 0.3 is 0 Å². The molecule has 16 heavy (non-hydrogen) atoms. The van der Waals surface area contributed by atoms with E-state index in [-0.39, 0.29) is 9.52 Å². The van der Waals surface area contributed by atoms with Crippen molar-refractivity contribution < 1.29 is 0 Å². The molecule has 0 spiro atoms. The van der Waals surface area contributed by atoms with Crippen LogP contribution in [-0.2, 0) is 0 Å². The molecule has 2 aromatic rings. The van der Waals surface area contributed by atoms with Crippen molar-refractivity contribution in [3.63, 3.8) is 0 Å². The number of aryl methyl sites for hydroxylation is 1. The van der Waals surface area contributed by atoms with E-state index in [0.717, 1.165) is 5.54 Å². The lowest BCUT2D eigenvalue weighted by Crippen LogP contribution is -2.20. The Kier molecular flexibility index (Phi) is 3.57. The summed E-state index contributed by atoms with van der Waals surface area (Å²) in [7, 11) is -0.207. The van der Waals surface area contributed by atoms with Gasteiger partial charge in [-0.15, -0.1) is 0 Å². The second-order valence-electron chi connectivity index (χ2n) is 4.45. The molecule has 0 aliphatic carbocycles. The fourth-order valence-corrected chi connectivity index (χ4v) is 4.15. The van der Waals surface area contributed by atoms with Crippen molar-refractivity contribution in [1.82, 2.24) is 0 Å². The molecular formula is C15H18Si. The van der Waals surface area contributed by atoms with Crippen molar-refractivity contribution in [2.75, 3.05) is 0 Å². The number of hydrogen-bond acceptors (Lipinski definition) is 0. The van der Waals surface area contributed by atoms with Crippen molar-refractivity contribution in [2.45, 2.75) is 19.4 Å². The van der Waals surface area contributed by atoms with Gasteiger partial charge in [0.2, 0.25) is 0 Å². The van der Waals surface area contributed by atoms with Crippen LogP contribution in [0.5, 0.6) is 0 Å². The molecule has 0 unspecified atom stereocenters. The molecule has 0 nitrogen and oxygen atoms in total. The Hall–Kier alpha value is -1.34. The van der Waals surface area contributed by atoms with Gasteiger partial charge in [-0.05, 0) is 23.6 Å². The molecule has 0 radical (unpaired) electrons. The highest BCUT2D eigenvalue weighted by Crippen LogP contribution is 2.17. The SMILES string of the molecule is Cc1ccccc1[C@H](C)[SiH2]c1ccccc1. The Morgan fingerprint density at radius 1 is 0.875 bits per heavy atom. The normalized spacial score (nSPS) is 13.1. The Morgan fingerprint density at radius 3 is 2.19 bits per heavy atom. The van der Waals surface area contributed by atoms with E-state index in [9.17, 15) is 0 Å². The Labute approximate surface area is 100 Å². The maximum Gasteiger partial charge on any atom is 0.0621 e. The lowest BCUT2D eigenvalue weighted by molar-refractivity contribution is 1.05. The molecule has 0 amide bonds. The second kappa shape index (κ2) is 5.13. The van der Waals surface area contributed by atoms with Crippen LogP contribution in [0.25, 0.3) is 0 Å². The highest BCUT2D eigenvalue weighted by atomic mass is 28.2. The summed E-state index contributed by atoms with van der Waals surface area (Å²) < 4.78 is 0. The molecule has 0 heterocycles. The van der Waals surface area contributed by atoms with Gasteiger partial charge in [0.25, 0.3) is 0 Å². The third-order valence-corrected chi connectivity index (χ3v) is 5.10. The Bertz CT molecular complexity index is 448. The zero-order valence-corrected chi connectivity index (χ0v) is 11.4. The van der Waals surface area contributed by atoms with Crippen LogP contribution in [0.15, 0.2) is 54.6 Å². The van der Waals surface area contributed by atoms with Crippen molar-refractivity contribution in [2.24, 2.45) is 0 Å². The largest absolute Gasteiger partial charge is 0.0663 e. The minimum atomic E-state index is -0.207. The van der Waals surface area contributed by atoms with Gasteiger partial charge in [-0.2, -0.15) is 0 Å². The quantitative estimate of drug-likeness (QED) is 0.706.